The number of hydrogen-bond donors (Lipinski definition) is 0. The Kier molecular flexibility index (Phi) is 11.6. The van der Waals surface area contributed by atoms with E-state index in [4.69, 9.17) is 0 Å². The minimum atomic E-state index is 0.241. The molecule has 0 bridgehead atoms. The van der Waals surface area contributed by atoms with Crippen molar-refractivity contribution in [3.8, 4) is 0 Å². The summed E-state index contributed by atoms with van der Waals surface area (Å²) in [5.74, 6) is 0.947. The van der Waals surface area contributed by atoms with Gasteiger partial charge in [0.15, 0.2) is 11.6 Å². The minimum Gasteiger partial charge on any atom is -0.295 e. The van der Waals surface area contributed by atoms with Gasteiger partial charge in [-0.15, -0.1) is 0 Å². The lowest BCUT2D eigenvalue weighted by Gasteiger charge is -2.36. The molecule has 2 heteroatoms. The predicted molar refractivity (Wildman–Crippen MR) is 139 cm³/mol. The van der Waals surface area contributed by atoms with Crippen molar-refractivity contribution in [3.63, 3.8) is 0 Å². The zero-order valence-corrected chi connectivity index (χ0v) is 22.1. The molecule has 1 atom stereocenters. The lowest BCUT2D eigenvalue weighted by molar-refractivity contribution is -0.115. The van der Waals surface area contributed by atoms with Gasteiger partial charge in [0.2, 0.25) is 0 Å². The highest BCUT2D eigenvalue weighted by atomic mass is 16.1. The fourth-order valence-corrected chi connectivity index (χ4v) is 5.03. The predicted octanol–water partition coefficient (Wildman–Crippen LogP) is 8.73. The SMILES string of the molecule is CCCC(=O)/C=C/C1=C(C)CCCC1(C)C.CCCC(=O)/C=C/C1C(C)=CCCC1(C)C. The van der Waals surface area contributed by atoms with Gasteiger partial charge in [0.1, 0.15) is 0 Å². The van der Waals surface area contributed by atoms with Gasteiger partial charge in [-0.3, -0.25) is 9.59 Å². The van der Waals surface area contributed by atoms with Crippen molar-refractivity contribution in [2.45, 2.75) is 113 Å². The summed E-state index contributed by atoms with van der Waals surface area (Å²) in [5, 5.41) is 0. The summed E-state index contributed by atoms with van der Waals surface area (Å²) in [4.78, 5) is 23.0. The second-order valence-electron chi connectivity index (χ2n) is 11.0. The van der Waals surface area contributed by atoms with Crippen LogP contribution >= 0.6 is 0 Å². The Morgan fingerprint density at radius 3 is 2.09 bits per heavy atom. The summed E-state index contributed by atoms with van der Waals surface area (Å²) in [6, 6.07) is 0. The number of rotatable bonds is 8. The third kappa shape index (κ3) is 9.04. The van der Waals surface area contributed by atoms with Crippen molar-refractivity contribution >= 4 is 11.6 Å². The van der Waals surface area contributed by atoms with E-state index in [1.54, 1.807) is 12.2 Å². The van der Waals surface area contributed by atoms with E-state index in [0.29, 0.717) is 24.2 Å². The fourth-order valence-electron chi connectivity index (χ4n) is 5.03. The van der Waals surface area contributed by atoms with E-state index in [1.807, 2.05) is 13.8 Å². The average molecular weight is 441 g/mol. The molecule has 0 saturated heterocycles. The molecule has 0 aliphatic heterocycles. The molecule has 180 valence electrons. The molecule has 0 aromatic carbocycles. The maximum Gasteiger partial charge on any atom is 0.155 e. The highest BCUT2D eigenvalue weighted by Gasteiger charge is 2.30. The van der Waals surface area contributed by atoms with Crippen LogP contribution in [0.2, 0.25) is 0 Å². The van der Waals surface area contributed by atoms with Gasteiger partial charge in [-0.1, -0.05) is 70.9 Å². The van der Waals surface area contributed by atoms with Crippen LogP contribution in [0.25, 0.3) is 0 Å². The zero-order chi connectivity index (χ0) is 24.4. The largest absolute Gasteiger partial charge is 0.295 e. The third-order valence-corrected chi connectivity index (χ3v) is 7.03. The van der Waals surface area contributed by atoms with E-state index in [0.717, 1.165) is 12.8 Å². The van der Waals surface area contributed by atoms with Crippen LogP contribution in [0.4, 0.5) is 0 Å². The summed E-state index contributed by atoms with van der Waals surface area (Å²) < 4.78 is 0. The van der Waals surface area contributed by atoms with Gasteiger partial charge >= 0.3 is 0 Å². The minimum absolute atomic E-state index is 0.241. The first kappa shape index (κ1) is 28.3. The number of allylic oxidation sites excluding steroid dienone is 8. The summed E-state index contributed by atoms with van der Waals surface area (Å²) in [6.45, 7) is 17.6. The number of ketones is 2. The van der Waals surface area contributed by atoms with Crippen molar-refractivity contribution in [1.29, 1.82) is 0 Å². The van der Waals surface area contributed by atoms with Gasteiger partial charge in [0.25, 0.3) is 0 Å². The van der Waals surface area contributed by atoms with Gasteiger partial charge in [-0.2, -0.15) is 0 Å². The Hall–Kier alpha value is -1.70. The molecular weight excluding hydrogens is 392 g/mol. The Morgan fingerprint density at radius 1 is 0.969 bits per heavy atom. The Balaban J connectivity index is 0.000000320. The number of hydrogen-bond acceptors (Lipinski definition) is 2. The summed E-state index contributed by atoms with van der Waals surface area (Å²) in [6.07, 6.45) is 19.3. The highest BCUT2D eigenvalue weighted by molar-refractivity contribution is 5.90. The van der Waals surface area contributed by atoms with E-state index in [-0.39, 0.29) is 17.0 Å². The number of carbonyl (C=O) groups excluding carboxylic acids is 2. The summed E-state index contributed by atoms with van der Waals surface area (Å²) in [5.41, 5.74) is 4.78. The van der Waals surface area contributed by atoms with Crippen LogP contribution in [-0.2, 0) is 9.59 Å². The third-order valence-electron chi connectivity index (χ3n) is 7.03. The monoisotopic (exact) mass is 440 g/mol. The van der Waals surface area contributed by atoms with Crippen LogP contribution in [0.3, 0.4) is 0 Å². The molecule has 0 aromatic heterocycles. The molecule has 2 aliphatic rings. The van der Waals surface area contributed by atoms with Gasteiger partial charge in [0, 0.05) is 18.8 Å². The molecule has 0 spiro atoms. The molecule has 0 fully saturated rings. The molecular formula is C30H48O2. The van der Waals surface area contributed by atoms with Gasteiger partial charge in [-0.05, 0) is 87.3 Å². The molecule has 0 amide bonds. The first-order valence-corrected chi connectivity index (χ1v) is 12.7. The molecule has 2 nitrogen and oxygen atoms in total. The number of carbonyl (C=O) groups is 2. The van der Waals surface area contributed by atoms with E-state index in [9.17, 15) is 9.59 Å². The van der Waals surface area contributed by atoms with Crippen LogP contribution in [0.5, 0.6) is 0 Å². The quantitative estimate of drug-likeness (QED) is 0.279. The second kappa shape index (κ2) is 13.1. The van der Waals surface area contributed by atoms with E-state index >= 15 is 0 Å². The van der Waals surface area contributed by atoms with Gasteiger partial charge < -0.3 is 0 Å². The molecule has 0 radical (unpaired) electrons. The molecule has 1 unspecified atom stereocenters. The van der Waals surface area contributed by atoms with Crippen molar-refractivity contribution in [2.24, 2.45) is 16.7 Å². The zero-order valence-electron chi connectivity index (χ0n) is 22.1. The lowest BCUT2D eigenvalue weighted by atomic mass is 9.68. The maximum absolute atomic E-state index is 11.5. The molecule has 0 heterocycles. The van der Waals surface area contributed by atoms with Crippen molar-refractivity contribution in [1.82, 2.24) is 0 Å². The standard InChI is InChI=1S/2C15H24O/c2*1-5-7-13(16)9-10-14-12(2)8-6-11-15(14,3)4/h9-10H,5-8,11H2,1-4H3;8-10,14H,5-7,11H2,1-4H3/b2*10-9+. The molecule has 0 saturated carbocycles. The highest BCUT2D eigenvalue weighted by Crippen LogP contribution is 2.42. The maximum atomic E-state index is 11.5. The van der Waals surface area contributed by atoms with Crippen LogP contribution in [0, 0.1) is 16.7 Å². The van der Waals surface area contributed by atoms with Crippen LogP contribution in [0.15, 0.2) is 47.1 Å². The van der Waals surface area contributed by atoms with Crippen molar-refractivity contribution < 1.29 is 9.59 Å². The van der Waals surface area contributed by atoms with E-state index in [2.05, 4.69) is 59.8 Å². The van der Waals surface area contributed by atoms with E-state index < -0.39 is 0 Å². The van der Waals surface area contributed by atoms with Crippen molar-refractivity contribution in [3.05, 3.63) is 47.1 Å². The van der Waals surface area contributed by atoms with Gasteiger partial charge in [0.05, 0.1) is 0 Å². The van der Waals surface area contributed by atoms with E-state index in [1.165, 1.54) is 48.8 Å². The fraction of sp³-hybridized carbons (Fsp3) is 0.667. The summed E-state index contributed by atoms with van der Waals surface area (Å²) >= 11 is 0. The smallest absolute Gasteiger partial charge is 0.155 e. The topological polar surface area (TPSA) is 34.1 Å². The first-order valence-electron chi connectivity index (χ1n) is 12.7. The lowest BCUT2D eigenvalue weighted by Crippen LogP contribution is -2.26. The molecule has 0 aromatic rings. The Bertz CT molecular complexity index is 756. The average Bonchev–Trinajstić information content (AvgIpc) is 2.67. The normalized spacial score (nSPS) is 22.5. The molecule has 2 aliphatic carbocycles. The van der Waals surface area contributed by atoms with Crippen LogP contribution in [-0.4, -0.2) is 11.6 Å². The second-order valence-corrected chi connectivity index (χ2v) is 11.0. The summed E-state index contributed by atoms with van der Waals surface area (Å²) in [7, 11) is 0. The molecule has 32 heavy (non-hydrogen) atoms. The van der Waals surface area contributed by atoms with Gasteiger partial charge in [-0.25, -0.2) is 0 Å². The molecule has 0 N–H and O–H groups in total. The van der Waals surface area contributed by atoms with Crippen LogP contribution in [0.1, 0.15) is 113 Å². The first-order chi connectivity index (χ1) is 14.9. The Labute approximate surface area is 198 Å². The van der Waals surface area contributed by atoms with Crippen molar-refractivity contribution in [2.75, 3.05) is 0 Å². The Morgan fingerprint density at radius 2 is 1.56 bits per heavy atom. The van der Waals surface area contributed by atoms with Crippen LogP contribution < -0.4 is 0 Å². The molecule has 2 rings (SSSR count).